The van der Waals surface area contributed by atoms with Crippen molar-refractivity contribution in [2.45, 2.75) is 78.1 Å². The van der Waals surface area contributed by atoms with Crippen LogP contribution in [-0.2, 0) is 4.79 Å². The topological polar surface area (TPSA) is 17.1 Å². The van der Waals surface area contributed by atoms with Gasteiger partial charge in [0, 0.05) is 11.8 Å². The highest BCUT2D eigenvalue weighted by atomic mass is 35.5. The van der Waals surface area contributed by atoms with E-state index < -0.39 is 0 Å². The maximum Gasteiger partial charge on any atom is 0.139 e. The summed E-state index contributed by atoms with van der Waals surface area (Å²) in [6.07, 6.45) is 13.4. The lowest BCUT2D eigenvalue weighted by atomic mass is 9.45. The maximum atomic E-state index is 12.4. The zero-order chi connectivity index (χ0) is 14.0. The van der Waals surface area contributed by atoms with E-state index >= 15 is 0 Å². The summed E-state index contributed by atoms with van der Waals surface area (Å²) in [6, 6.07) is 0. The van der Waals surface area contributed by atoms with Gasteiger partial charge in [-0.2, -0.15) is 0 Å². The zero-order valence-electron chi connectivity index (χ0n) is 13.7. The van der Waals surface area contributed by atoms with Gasteiger partial charge in [0.15, 0.2) is 0 Å². The molecule has 0 bridgehead atoms. The van der Waals surface area contributed by atoms with Crippen LogP contribution < -0.4 is 0 Å². The molecule has 4 aliphatic rings. The van der Waals surface area contributed by atoms with Crippen LogP contribution in [0.2, 0.25) is 0 Å². The average molecular weight is 311 g/mol. The molecule has 0 aromatic heterocycles. The monoisotopic (exact) mass is 310 g/mol. The normalized spacial score (nSPS) is 52.4. The van der Waals surface area contributed by atoms with Crippen LogP contribution in [0.25, 0.3) is 0 Å². The molecule has 0 N–H and O–H groups in total. The molecule has 1 nitrogen and oxygen atoms in total. The zero-order valence-corrected chi connectivity index (χ0v) is 14.5. The minimum absolute atomic E-state index is 0. The third-order valence-electron chi connectivity index (χ3n) is 8.29. The van der Waals surface area contributed by atoms with Crippen LogP contribution in [0.3, 0.4) is 0 Å². The van der Waals surface area contributed by atoms with Crippen LogP contribution in [-0.4, -0.2) is 5.78 Å². The van der Waals surface area contributed by atoms with Gasteiger partial charge in [-0.25, -0.2) is 0 Å². The molecule has 21 heavy (non-hydrogen) atoms. The fourth-order valence-corrected chi connectivity index (χ4v) is 7.07. The second-order valence-corrected chi connectivity index (χ2v) is 8.82. The summed E-state index contributed by atoms with van der Waals surface area (Å²) in [5.41, 5.74) is 0.688. The molecular weight excluding hydrogens is 280 g/mol. The van der Waals surface area contributed by atoms with Gasteiger partial charge in [-0.05, 0) is 74.0 Å². The summed E-state index contributed by atoms with van der Waals surface area (Å²) < 4.78 is 0. The van der Waals surface area contributed by atoms with Crippen LogP contribution in [0.5, 0.6) is 0 Å². The van der Waals surface area contributed by atoms with Crippen LogP contribution in [0.1, 0.15) is 78.1 Å². The number of hydrogen-bond donors (Lipinski definition) is 0. The Balaban J connectivity index is 0.00000132. The fraction of sp³-hybridized carbons (Fsp3) is 0.947. The van der Waals surface area contributed by atoms with E-state index in [1.165, 1.54) is 57.8 Å². The molecule has 4 aliphatic carbocycles. The van der Waals surface area contributed by atoms with E-state index in [-0.39, 0.29) is 17.8 Å². The summed E-state index contributed by atoms with van der Waals surface area (Å²) in [5.74, 6) is 4.13. The molecule has 0 spiro atoms. The SMILES string of the molecule is C[C@]12CCCCC1CC[C@@H]1[C@H]2CC[C@]2(C)C(=O)CC[C@@H]12.Cl. The molecule has 6 atom stereocenters. The minimum atomic E-state index is 0. The molecule has 0 amide bonds. The smallest absolute Gasteiger partial charge is 0.139 e. The lowest BCUT2D eigenvalue weighted by Gasteiger charge is -2.59. The summed E-state index contributed by atoms with van der Waals surface area (Å²) in [5, 5.41) is 0. The van der Waals surface area contributed by atoms with Crippen molar-refractivity contribution in [1.29, 1.82) is 0 Å². The molecule has 1 unspecified atom stereocenters. The Morgan fingerprint density at radius 2 is 1.71 bits per heavy atom. The number of carbonyl (C=O) groups excluding carboxylic acids is 1. The fourth-order valence-electron chi connectivity index (χ4n) is 7.07. The highest BCUT2D eigenvalue weighted by Crippen LogP contribution is 2.65. The van der Waals surface area contributed by atoms with E-state index in [4.69, 9.17) is 0 Å². The number of ketones is 1. The van der Waals surface area contributed by atoms with Crippen molar-refractivity contribution in [3.05, 3.63) is 0 Å². The van der Waals surface area contributed by atoms with Gasteiger partial charge in [-0.3, -0.25) is 4.79 Å². The molecule has 120 valence electrons. The quantitative estimate of drug-likeness (QED) is 0.584. The van der Waals surface area contributed by atoms with Gasteiger partial charge in [-0.15, -0.1) is 12.4 Å². The Hall–Kier alpha value is -0.0400. The van der Waals surface area contributed by atoms with Crippen LogP contribution in [0.4, 0.5) is 0 Å². The van der Waals surface area contributed by atoms with Gasteiger partial charge >= 0.3 is 0 Å². The van der Waals surface area contributed by atoms with Gasteiger partial charge < -0.3 is 0 Å². The molecule has 2 heteroatoms. The van der Waals surface area contributed by atoms with Crippen molar-refractivity contribution in [2.24, 2.45) is 34.5 Å². The van der Waals surface area contributed by atoms with Gasteiger partial charge in [0.2, 0.25) is 0 Å². The van der Waals surface area contributed by atoms with E-state index in [1.54, 1.807) is 0 Å². The molecule has 4 rings (SSSR count). The van der Waals surface area contributed by atoms with Crippen molar-refractivity contribution in [3.63, 3.8) is 0 Å². The van der Waals surface area contributed by atoms with Gasteiger partial charge in [-0.1, -0.05) is 26.7 Å². The molecule has 0 aromatic rings. The van der Waals surface area contributed by atoms with Gasteiger partial charge in [0.25, 0.3) is 0 Å². The molecule has 0 saturated heterocycles. The van der Waals surface area contributed by atoms with E-state index in [0.717, 1.165) is 30.1 Å². The van der Waals surface area contributed by atoms with Crippen molar-refractivity contribution >= 4 is 18.2 Å². The third kappa shape index (κ3) is 2.06. The minimum Gasteiger partial charge on any atom is -0.299 e. The van der Waals surface area contributed by atoms with E-state index in [2.05, 4.69) is 13.8 Å². The average Bonchev–Trinajstić information content (AvgIpc) is 2.74. The first-order chi connectivity index (χ1) is 9.56. The highest BCUT2D eigenvalue weighted by molar-refractivity contribution is 5.87. The van der Waals surface area contributed by atoms with Crippen LogP contribution in [0.15, 0.2) is 0 Å². The van der Waals surface area contributed by atoms with Crippen LogP contribution in [0, 0.1) is 34.5 Å². The second-order valence-electron chi connectivity index (χ2n) is 8.82. The molecule has 0 aromatic carbocycles. The predicted octanol–water partition coefficient (Wildman–Crippen LogP) is 5.41. The number of fused-ring (bicyclic) bond motifs is 5. The summed E-state index contributed by atoms with van der Waals surface area (Å²) in [7, 11) is 0. The Labute approximate surface area is 136 Å². The number of halogens is 1. The lowest BCUT2D eigenvalue weighted by molar-refractivity contribution is -0.138. The molecule has 0 heterocycles. The molecule has 4 saturated carbocycles. The first-order valence-electron chi connectivity index (χ1n) is 9.09. The van der Waals surface area contributed by atoms with Gasteiger partial charge in [0.05, 0.1) is 0 Å². The van der Waals surface area contributed by atoms with Gasteiger partial charge in [0.1, 0.15) is 5.78 Å². The number of hydrogen-bond acceptors (Lipinski definition) is 1. The number of carbonyl (C=O) groups is 1. The first kappa shape index (κ1) is 15.8. The maximum absolute atomic E-state index is 12.4. The predicted molar refractivity (Wildman–Crippen MR) is 88.6 cm³/mol. The molecular formula is C19H31ClO. The number of rotatable bonds is 0. The Morgan fingerprint density at radius 3 is 2.52 bits per heavy atom. The third-order valence-corrected chi connectivity index (χ3v) is 8.29. The second kappa shape index (κ2) is 5.25. The molecule has 4 fully saturated rings. The Bertz CT molecular complexity index is 433. The van der Waals surface area contributed by atoms with E-state index in [1.807, 2.05) is 0 Å². The largest absolute Gasteiger partial charge is 0.299 e. The number of Topliss-reactive ketones (excluding diaryl/α,β-unsaturated/α-hetero) is 1. The Morgan fingerprint density at radius 1 is 0.905 bits per heavy atom. The molecule has 0 aliphatic heterocycles. The Kier molecular flexibility index (Phi) is 3.96. The van der Waals surface area contributed by atoms with E-state index in [9.17, 15) is 4.79 Å². The summed E-state index contributed by atoms with van der Waals surface area (Å²) >= 11 is 0. The summed E-state index contributed by atoms with van der Waals surface area (Å²) in [6.45, 7) is 4.92. The highest BCUT2D eigenvalue weighted by Gasteiger charge is 2.59. The van der Waals surface area contributed by atoms with Crippen molar-refractivity contribution < 1.29 is 4.79 Å². The first-order valence-corrected chi connectivity index (χ1v) is 9.09. The van der Waals surface area contributed by atoms with Crippen molar-refractivity contribution in [2.75, 3.05) is 0 Å². The van der Waals surface area contributed by atoms with Crippen molar-refractivity contribution in [3.8, 4) is 0 Å². The standard InChI is InChI=1S/C19H30O.ClH/c1-18-11-4-3-5-13(18)6-7-14-15-8-9-17(20)19(15,2)12-10-16(14)18;/h13-16H,3-12H2,1-2H3;1H/t13?,14-,15-,16+,18-,19-;/m0./s1. The van der Waals surface area contributed by atoms with E-state index in [0.29, 0.717) is 11.2 Å². The van der Waals surface area contributed by atoms with Crippen molar-refractivity contribution in [1.82, 2.24) is 0 Å². The molecule has 0 radical (unpaired) electrons. The van der Waals surface area contributed by atoms with Crippen LogP contribution >= 0.6 is 12.4 Å². The lowest BCUT2D eigenvalue weighted by Crippen LogP contribution is -2.52. The summed E-state index contributed by atoms with van der Waals surface area (Å²) in [4.78, 5) is 12.4.